The molecule has 0 aromatic rings. The molecule has 99 heavy (non-hydrogen) atoms. The number of carbonyl (C=O) groups excluding carboxylic acids is 10. The fourth-order valence-corrected chi connectivity index (χ4v) is 7.18. The van der Waals surface area contributed by atoms with Crippen molar-refractivity contribution in [2.45, 2.75) is 216 Å². The molecule has 0 amide bonds. The second kappa shape index (κ2) is 45.5. The summed E-state index contributed by atoms with van der Waals surface area (Å²) in [5.74, 6) is -12.3. The molecule has 0 bridgehead atoms. The van der Waals surface area contributed by atoms with Gasteiger partial charge in [0.1, 0.15) is 39.5 Å². The molecular formula is C57H86O38Y4-2. The number of aliphatic carboxylic acids is 2. The van der Waals surface area contributed by atoms with Crippen LogP contribution >= 0.6 is 0 Å². The molecule has 9 unspecified atom stereocenters. The molecule has 5 heterocycles. The van der Waals surface area contributed by atoms with Crippen LogP contribution in [0.1, 0.15) is 136 Å². The van der Waals surface area contributed by atoms with Crippen LogP contribution in [0.25, 0.3) is 0 Å². The SMILES string of the molecule is C=C1OCOC(CC(=O)OC(C)(C)C)(C(=O)O)C1O.CC(C)(C)OC(=O)C1(CC(=O)O)OCOC(=O)C1O.CC(C)(C)OC(=O)CC1(O)C(=O)OCOC(=O)C1O.CC(C)(C)OC(=O)CC1([CH-]O)OCCC1=O.O=CO.O=CO.[CH2-]C1(C(O)C(=O)OC(C)(C)C)OCOC1=O.[Y].[Y].[Y].[Y]. The zero-order valence-electron chi connectivity index (χ0n) is 57.2. The Hall–Kier alpha value is -3.66. The van der Waals surface area contributed by atoms with Crippen LogP contribution in [-0.2, 0) is 264 Å². The molecule has 0 saturated carbocycles. The van der Waals surface area contributed by atoms with Gasteiger partial charge in [-0.05, 0) is 104 Å². The monoisotopic (exact) mass is 1730 g/mol. The summed E-state index contributed by atoms with van der Waals surface area (Å²) >= 11 is 0. The van der Waals surface area contributed by atoms with E-state index in [0.29, 0.717) is 6.61 Å². The third-order valence-corrected chi connectivity index (χ3v) is 11.2. The van der Waals surface area contributed by atoms with Crippen molar-refractivity contribution in [3.8, 4) is 0 Å². The number of aliphatic hydroxyl groups excluding tert-OH is 5. The van der Waals surface area contributed by atoms with Crippen molar-refractivity contribution in [2.24, 2.45) is 0 Å². The van der Waals surface area contributed by atoms with Crippen LogP contribution < -0.4 is 0 Å². The van der Waals surface area contributed by atoms with Crippen LogP contribution in [0.2, 0.25) is 0 Å². The molecule has 5 aliphatic heterocycles. The van der Waals surface area contributed by atoms with E-state index >= 15 is 0 Å². The van der Waals surface area contributed by atoms with Crippen molar-refractivity contribution in [3.63, 3.8) is 0 Å². The quantitative estimate of drug-likeness (QED) is 0.0452. The Morgan fingerprint density at radius 1 is 0.556 bits per heavy atom. The number of ketones is 1. The average molecular weight is 1730 g/mol. The van der Waals surface area contributed by atoms with E-state index in [1.807, 2.05) is 0 Å². The Kier molecular flexibility index (Phi) is 48.9. The first kappa shape index (κ1) is 106. The number of ether oxygens (including phenoxy) is 14. The first-order chi connectivity index (χ1) is 43.0. The molecule has 0 aromatic carbocycles. The Morgan fingerprint density at radius 3 is 1.32 bits per heavy atom. The predicted octanol–water partition coefficient (Wildman–Crippen LogP) is -1.11. The maximum Gasteiger partial charge on any atom is 0.345 e. The summed E-state index contributed by atoms with van der Waals surface area (Å²) < 4.78 is 67.1. The van der Waals surface area contributed by atoms with E-state index in [1.54, 1.807) is 104 Å². The average Bonchev–Trinajstić information content (AvgIpc) is 1.44. The molecule has 38 nitrogen and oxygen atoms in total. The summed E-state index contributed by atoms with van der Waals surface area (Å²) in [6.45, 7) is 29.6. The topological polar surface area (TPSA) is 571 Å². The molecule has 0 aromatic heterocycles. The van der Waals surface area contributed by atoms with Crippen LogP contribution in [0.3, 0.4) is 0 Å². The molecule has 10 N–H and O–H groups in total. The largest absolute Gasteiger partial charge is 0.563 e. The molecule has 0 aliphatic carbocycles. The van der Waals surface area contributed by atoms with Gasteiger partial charge >= 0.3 is 65.7 Å². The first-order valence-electron chi connectivity index (χ1n) is 27.6. The van der Waals surface area contributed by atoms with Gasteiger partial charge in [0.05, 0.1) is 37.9 Å². The number of Topliss-reactive ketones (excluding diaryl/α,β-unsaturated/α-hetero) is 1. The van der Waals surface area contributed by atoms with Crippen LogP contribution in [0.15, 0.2) is 12.3 Å². The van der Waals surface area contributed by atoms with E-state index in [9.17, 15) is 88.2 Å². The molecule has 5 rings (SSSR count). The molecule has 5 saturated heterocycles. The van der Waals surface area contributed by atoms with Gasteiger partial charge in [-0.2, -0.15) is 6.61 Å². The summed E-state index contributed by atoms with van der Waals surface area (Å²) in [7, 11) is 0. The minimum Gasteiger partial charge on any atom is -0.563 e. The second-order valence-electron chi connectivity index (χ2n) is 25.0. The van der Waals surface area contributed by atoms with E-state index in [0.717, 1.165) is 0 Å². The van der Waals surface area contributed by atoms with Crippen molar-refractivity contribution in [1.29, 1.82) is 0 Å². The maximum absolute atomic E-state index is 12.0. The number of aliphatic hydroxyl groups is 6. The zero-order valence-corrected chi connectivity index (χ0v) is 68.6. The fourth-order valence-electron chi connectivity index (χ4n) is 7.18. The summed E-state index contributed by atoms with van der Waals surface area (Å²) in [4.78, 5) is 154. The molecular weight excluding hydrogens is 1650 g/mol. The van der Waals surface area contributed by atoms with Crippen LogP contribution in [-0.4, -0.2) is 250 Å². The number of hydrogen-bond acceptors (Lipinski definition) is 34. The van der Waals surface area contributed by atoms with Gasteiger partial charge in [0, 0.05) is 143 Å². The molecule has 5 aliphatic rings. The standard InChI is InChI=1S/C12H18O7.2C11H16O8.C11H17O5.C10H15O6.2CH2O2.4Y/c1-7-9(14)12(10(15)16,18-6-17-7)5-8(13)19-11(2,3)4;1-10(2,3)19-6(12)4-11(16)7(13)8(14)17-5-18-9(11)15;1-10(2,3)19-9(16)11(4-6(12)13)7(14)8(15)17-5-18-11;1-10(2,3)16-9(14)6-11(7-12)8(13)4-5-15-11;1-9(2,3)16-7(12)6(11)10(4)8(13)14-5-15-10;2*2-1-3;;;;/h9,14H,1,5-6H2,2-4H3,(H,15,16);7,13,16H,4-5H2,1-3H3;7,14H,4-5H2,1-3H3,(H,12,13);7,12H,4-6H2,1-3H3;6,11H,4-5H2,1-3H3;2*1H,(H,2,3);;;;/q;;;2*-1;;;;;;. The van der Waals surface area contributed by atoms with Gasteiger partial charge in [0.25, 0.3) is 12.9 Å². The molecule has 5 fully saturated rings. The molecule has 4 radical (unpaired) electrons. The Labute approximate surface area is 669 Å². The second-order valence-corrected chi connectivity index (χ2v) is 25.0. The van der Waals surface area contributed by atoms with Gasteiger partial charge in [-0.15, -0.1) is 0 Å². The Balaban J connectivity index is -0.000000265. The van der Waals surface area contributed by atoms with Crippen LogP contribution in [0.4, 0.5) is 0 Å². The number of cyclic esters (lactones) is 4. The number of rotatable bonds is 13. The van der Waals surface area contributed by atoms with E-state index < -0.39 is 186 Å². The maximum atomic E-state index is 12.0. The van der Waals surface area contributed by atoms with E-state index in [-0.39, 0.29) is 182 Å². The first-order valence-corrected chi connectivity index (χ1v) is 27.6. The molecule has 0 spiro atoms. The summed E-state index contributed by atoms with van der Waals surface area (Å²) in [6.07, 6.45) is -10.2. The van der Waals surface area contributed by atoms with Crippen molar-refractivity contribution in [2.75, 3.05) is 33.8 Å². The minimum absolute atomic E-state index is 0. The smallest absolute Gasteiger partial charge is 0.345 e. The number of carbonyl (C=O) groups is 14. The van der Waals surface area contributed by atoms with E-state index in [1.165, 1.54) is 0 Å². The normalized spacial score (nSPS) is 24.8. The molecule has 42 heteroatoms. The predicted molar refractivity (Wildman–Crippen MR) is 305 cm³/mol. The Morgan fingerprint density at radius 2 is 0.939 bits per heavy atom. The third-order valence-electron chi connectivity index (χ3n) is 11.2. The number of hydrogen-bond donors (Lipinski definition) is 10. The fraction of sp³-hybridized carbons (Fsp3) is 0.684. The summed E-state index contributed by atoms with van der Waals surface area (Å²) in [6, 6.07) is 0. The number of carboxylic acid groups (broad SMARTS) is 4. The van der Waals surface area contributed by atoms with Crippen molar-refractivity contribution >= 4 is 84.4 Å². The van der Waals surface area contributed by atoms with Gasteiger partial charge in [-0.1, -0.05) is 6.58 Å². The van der Waals surface area contributed by atoms with Gasteiger partial charge in [0.2, 0.25) is 23.6 Å². The molecule has 9 atom stereocenters. The van der Waals surface area contributed by atoms with Crippen molar-refractivity contribution < 1.29 is 315 Å². The van der Waals surface area contributed by atoms with E-state index in [4.69, 9.17) is 77.4 Å². The van der Waals surface area contributed by atoms with Crippen molar-refractivity contribution in [3.05, 3.63) is 25.9 Å². The van der Waals surface area contributed by atoms with Gasteiger partial charge in [-0.25, -0.2) is 28.8 Å². The van der Waals surface area contributed by atoms with E-state index in [2.05, 4.69) is 32.5 Å². The summed E-state index contributed by atoms with van der Waals surface area (Å²) in [5, 5.41) is 89.7. The minimum atomic E-state index is -2.71. The van der Waals surface area contributed by atoms with Crippen LogP contribution in [0.5, 0.6) is 0 Å². The van der Waals surface area contributed by atoms with Crippen molar-refractivity contribution in [1.82, 2.24) is 0 Å². The van der Waals surface area contributed by atoms with Crippen LogP contribution in [0, 0.1) is 13.5 Å². The number of esters is 9. The third kappa shape index (κ3) is 36.6. The van der Waals surface area contributed by atoms with Gasteiger partial charge < -0.3 is 117 Å². The Bertz CT molecular complexity index is 2700. The molecule has 556 valence electrons. The van der Waals surface area contributed by atoms with Gasteiger partial charge in [0.15, 0.2) is 44.8 Å². The number of carboxylic acids is 2. The zero-order chi connectivity index (χ0) is 74.9. The summed E-state index contributed by atoms with van der Waals surface area (Å²) in [5.41, 5.74) is -14.5. The van der Waals surface area contributed by atoms with Gasteiger partial charge in [-0.3, -0.25) is 45.3 Å².